The first-order chi connectivity index (χ1) is 7.58. The van der Waals surface area contributed by atoms with Crippen LogP contribution in [-0.2, 0) is 9.53 Å². The second-order valence-electron chi connectivity index (χ2n) is 5.30. The zero-order valence-corrected chi connectivity index (χ0v) is 10.8. The van der Waals surface area contributed by atoms with Crippen molar-refractivity contribution in [1.82, 2.24) is 5.32 Å². The molecule has 0 radical (unpaired) electrons. The minimum Gasteiger partial charge on any atom is -0.462 e. The van der Waals surface area contributed by atoms with Gasteiger partial charge < -0.3 is 10.1 Å². The number of rotatable bonds is 5. The Morgan fingerprint density at radius 3 is 2.50 bits per heavy atom. The molecule has 0 aliphatic heterocycles. The lowest BCUT2D eigenvalue weighted by Gasteiger charge is -2.26. The molecule has 0 atom stereocenters. The lowest BCUT2D eigenvalue weighted by molar-refractivity contribution is -0.146. The van der Waals surface area contributed by atoms with Crippen LogP contribution in [0.1, 0.15) is 46.5 Å². The van der Waals surface area contributed by atoms with E-state index in [1.54, 1.807) is 0 Å². The van der Waals surface area contributed by atoms with Crippen LogP contribution < -0.4 is 5.32 Å². The minimum atomic E-state index is -0.140. The van der Waals surface area contributed by atoms with Gasteiger partial charge in [0.25, 0.3) is 0 Å². The van der Waals surface area contributed by atoms with Gasteiger partial charge in [0.1, 0.15) is 0 Å². The summed E-state index contributed by atoms with van der Waals surface area (Å²) >= 11 is 0. The Morgan fingerprint density at radius 2 is 1.94 bits per heavy atom. The first-order valence-electron chi connectivity index (χ1n) is 6.48. The molecule has 0 spiro atoms. The maximum absolute atomic E-state index is 11.3. The summed E-state index contributed by atoms with van der Waals surface area (Å²) in [6.07, 6.45) is 5.26. The Balaban J connectivity index is 2.04. The third kappa shape index (κ3) is 5.50. The second kappa shape index (κ2) is 6.89. The van der Waals surface area contributed by atoms with E-state index in [4.69, 9.17) is 4.74 Å². The van der Waals surface area contributed by atoms with Crippen LogP contribution in [0.3, 0.4) is 0 Å². The van der Waals surface area contributed by atoms with E-state index in [-0.39, 0.29) is 12.1 Å². The Hall–Kier alpha value is -0.570. The van der Waals surface area contributed by atoms with Gasteiger partial charge in [-0.15, -0.1) is 0 Å². The second-order valence-corrected chi connectivity index (χ2v) is 5.30. The topological polar surface area (TPSA) is 38.3 Å². The summed E-state index contributed by atoms with van der Waals surface area (Å²) in [5.41, 5.74) is 0. The molecule has 94 valence electrons. The average Bonchev–Trinajstić information content (AvgIpc) is 2.20. The molecule has 1 fully saturated rings. The number of hydrogen-bond donors (Lipinski definition) is 1. The van der Waals surface area contributed by atoms with Crippen molar-refractivity contribution in [1.29, 1.82) is 0 Å². The van der Waals surface area contributed by atoms with Crippen molar-refractivity contribution >= 4 is 5.97 Å². The van der Waals surface area contributed by atoms with Gasteiger partial charge in [-0.1, -0.05) is 19.8 Å². The van der Waals surface area contributed by atoms with E-state index in [0.29, 0.717) is 6.54 Å². The lowest BCUT2D eigenvalue weighted by atomic mass is 9.83. The van der Waals surface area contributed by atoms with Crippen LogP contribution in [0.2, 0.25) is 0 Å². The predicted octanol–water partition coefficient (Wildman–Crippen LogP) is 2.35. The SMILES string of the molecule is CC1CCC(CNCC(=O)OC(C)C)CC1. The van der Waals surface area contributed by atoms with E-state index in [1.165, 1.54) is 25.7 Å². The molecule has 0 heterocycles. The standard InChI is InChI=1S/C13H25NO2/c1-10(2)16-13(15)9-14-8-12-6-4-11(3)5-7-12/h10-12,14H,4-9H2,1-3H3. The molecule has 1 N–H and O–H groups in total. The smallest absolute Gasteiger partial charge is 0.320 e. The van der Waals surface area contributed by atoms with Crippen LogP contribution in [-0.4, -0.2) is 25.2 Å². The van der Waals surface area contributed by atoms with Gasteiger partial charge in [-0.25, -0.2) is 0 Å². The normalized spacial score (nSPS) is 25.8. The third-order valence-electron chi connectivity index (χ3n) is 3.20. The fraction of sp³-hybridized carbons (Fsp3) is 0.923. The van der Waals surface area contributed by atoms with Crippen molar-refractivity contribution in [2.24, 2.45) is 11.8 Å². The third-order valence-corrected chi connectivity index (χ3v) is 3.20. The fourth-order valence-corrected chi connectivity index (χ4v) is 2.22. The van der Waals surface area contributed by atoms with Gasteiger partial charge in [-0.05, 0) is 45.1 Å². The van der Waals surface area contributed by atoms with Crippen molar-refractivity contribution < 1.29 is 9.53 Å². The van der Waals surface area contributed by atoms with E-state index >= 15 is 0 Å². The summed E-state index contributed by atoms with van der Waals surface area (Å²) in [5.74, 6) is 1.50. The fourth-order valence-electron chi connectivity index (χ4n) is 2.22. The van der Waals surface area contributed by atoms with E-state index in [2.05, 4.69) is 12.2 Å². The molecular weight excluding hydrogens is 202 g/mol. The predicted molar refractivity (Wildman–Crippen MR) is 65.2 cm³/mol. The van der Waals surface area contributed by atoms with Crippen LogP contribution in [0.15, 0.2) is 0 Å². The first kappa shape index (κ1) is 13.5. The summed E-state index contributed by atoms with van der Waals surface area (Å²) in [7, 11) is 0. The molecule has 0 bridgehead atoms. The molecule has 3 heteroatoms. The molecule has 0 aromatic rings. The summed E-state index contributed by atoms with van der Waals surface area (Å²) in [6, 6.07) is 0. The number of hydrogen-bond acceptors (Lipinski definition) is 3. The highest BCUT2D eigenvalue weighted by atomic mass is 16.5. The van der Waals surface area contributed by atoms with Crippen molar-refractivity contribution in [2.45, 2.75) is 52.6 Å². The molecule has 1 aliphatic carbocycles. The van der Waals surface area contributed by atoms with E-state index in [0.717, 1.165) is 18.4 Å². The van der Waals surface area contributed by atoms with Crippen LogP contribution >= 0.6 is 0 Å². The molecule has 0 unspecified atom stereocenters. The molecule has 0 aromatic heterocycles. The molecule has 1 saturated carbocycles. The highest BCUT2D eigenvalue weighted by Crippen LogP contribution is 2.27. The summed E-state index contributed by atoms with van der Waals surface area (Å²) in [5, 5.41) is 3.20. The Morgan fingerprint density at radius 1 is 1.31 bits per heavy atom. The van der Waals surface area contributed by atoms with Gasteiger partial charge in [0.05, 0.1) is 12.6 Å². The average molecular weight is 227 g/mol. The lowest BCUT2D eigenvalue weighted by Crippen LogP contribution is -2.32. The largest absolute Gasteiger partial charge is 0.462 e. The van der Waals surface area contributed by atoms with Crippen LogP contribution in [0, 0.1) is 11.8 Å². The summed E-state index contributed by atoms with van der Waals surface area (Å²) in [6.45, 7) is 7.38. The van der Waals surface area contributed by atoms with Gasteiger partial charge in [0, 0.05) is 0 Å². The van der Waals surface area contributed by atoms with Crippen molar-refractivity contribution in [2.75, 3.05) is 13.1 Å². The zero-order chi connectivity index (χ0) is 12.0. The van der Waals surface area contributed by atoms with Crippen LogP contribution in [0.25, 0.3) is 0 Å². The number of esters is 1. The monoisotopic (exact) mass is 227 g/mol. The highest BCUT2D eigenvalue weighted by molar-refractivity contribution is 5.71. The van der Waals surface area contributed by atoms with Gasteiger partial charge in [-0.3, -0.25) is 4.79 Å². The van der Waals surface area contributed by atoms with Gasteiger partial charge in [0.15, 0.2) is 0 Å². The number of nitrogens with one attached hydrogen (secondary N) is 1. The first-order valence-corrected chi connectivity index (χ1v) is 6.48. The Labute approximate surface area is 98.9 Å². The summed E-state index contributed by atoms with van der Waals surface area (Å²) in [4.78, 5) is 11.3. The maximum atomic E-state index is 11.3. The Kier molecular flexibility index (Phi) is 5.81. The molecule has 1 aliphatic rings. The Bertz CT molecular complexity index is 208. The van der Waals surface area contributed by atoms with Crippen molar-refractivity contribution in [3.8, 4) is 0 Å². The van der Waals surface area contributed by atoms with Crippen molar-refractivity contribution in [3.05, 3.63) is 0 Å². The molecule has 3 nitrogen and oxygen atoms in total. The van der Waals surface area contributed by atoms with Crippen molar-refractivity contribution in [3.63, 3.8) is 0 Å². The molecule has 0 saturated heterocycles. The molecule has 0 amide bonds. The molecule has 16 heavy (non-hydrogen) atoms. The van der Waals surface area contributed by atoms with Gasteiger partial charge in [0.2, 0.25) is 0 Å². The minimum absolute atomic E-state index is 0.00942. The van der Waals surface area contributed by atoms with Gasteiger partial charge >= 0.3 is 5.97 Å². The zero-order valence-electron chi connectivity index (χ0n) is 10.8. The highest BCUT2D eigenvalue weighted by Gasteiger charge is 2.18. The number of carbonyl (C=O) groups excluding carboxylic acids is 1. The maximum Gasteiger partial charge on any atom is 0.320 e. The molecule has 1 rings (SSSR count). The number of ether oxygens (including phenoxy) is 1. The van der Waals surface area contributed by atoms with Crippen LogP contribution in [0.5, 0.6) is 0 Å². The summed E-state index contributed by atoms with van der Waals surface area (Å²) < 4.78 is 5.06. The number of carbonyl (C=O) groups is 1. The van der Waals surface area contributed by atoms with E-state index in [9.17, 15) is 4.79 Å². The van der Waals surface area contributed by atoms with E-state index < -0.39 is 0 Å². The van der Waals surface area contributed by atoms with Gasteiger partial charge in [-0.2, -0.15) is 0 Å². The van der Waals surface area contributed by atoms with Crippen LogP contribution in [0.4, 0.5) is 0 Å². The molecule has 0 aromatic carbocycles. The quantitative estimate of drug-likeness (QED) is 0.733. The molecular formula is C13H25NO2. The van der Waals surface area contributed by atoms with E-state index in [1.807, 2.05) is 13.8 Å².